The van der Waals surface area contributed by atoms with Crippen molar-refractivity contribution < 1.29 is 4.79 Å². The Morgan fingerprint density at radius 3 is 2.32 bits per heavy atom. The molecule has 1 aromatic heterocycles. The van der Waals surface area contributed by atoms with Gasteiger partial charge in [-0.25, -0.2) is 4.99 Å². The number of amides is 1. The summed E-state index contributed by atoms with van der Waals surface area (Å²) in [5.41, 5.74) is 6.21. The number of aryl methyl sites for hydroxylation is 3. The Morgan fingerprint density at radius 2 is 1.61 bits per heavy atom. The molecule has 0 fully saturated rings. The van der Waals surface area contributed by atoms with Crippen LogP contribution >= 0.6 is 11.3 Å². The highest BCUT2D eigenvalue weighted by atomic mass is 32.1. The molecule has 1 aliphatic carbocycles. The maximum atomic E-state index is 13.1. The molecule has 0 bridgehead atoms. The van der Waals surface area contributed by atoms with Crippen molar-refractivity contribution in [3.05, 3.63) is 81.2 Å². The highest BCUT2D eigenvalue weighted by Gasteiger charge is 2.25. The fourth-order valence-corrected chi connectivity index (χ4v) is 4.72. The van der Waals surface area contributed by atoms with Gasteiger partial charge in [-0.05, 0) is 62.8 Å². The smallest absolute Gasteiger partial charge is 0.259 e. The van der Waals surface area contributed by atoms with E-state index in [2.05, 4.69) is 36.5 Å². The van der Waals surface area contributed by atoms with Gasteiger partial charge in [0, 0.05) is 16.8 Å². The summed E-state index contributed by atoms with van der Waals surface area (Å²) in [6.45, 7) is 4.11. The zero-order valence-corrected chi connectivity index (χ0v) is 17.1. The first-order valence-electron chi connectivity index (χ1n) is 9.73. The van der Waals surface area contributed by atoms with Crippen molar-refractivity contribution >= 4 is 34.1 Å². The number of aliphatic imine (C=N–C) groups is 1. The van der Waals surface area contributed by atoms with Gasteiger partial charge in [0.2, 0.25) is 0 Å². The van der Waals surface area contributed by atoms with Crippen molar-refractivity contribution in [3.63, 3.8) is 0 Å². The van der Waals surface area contributed by atoms with Gasteiger partial charge < -0.3 is 5.32 Å². The minimum Gasteiger partial charge on any atom is -0.322 e. The van der Waals surface area contributed by atoms with E-state index < -0.39 is 0 Å². The molecule has 3 aromatic rings. The summed E-state index contributed by atoms with van der Waals surface area (Å²) in [7, 11) is 0. The normalized spacial score (nSPS) is 13.5. The van der Waals surface area contributed by atoms with Crippen LogP contribution in [0.25, 0.3) is 0 Å². The summed E-state index contributed by atoms with van der Waals surface area (Å²) >= 11 is 1.67. The molecule has 0 spiro atoms. The maximum absolute atomic E-state index is 13.1. The van der Waals surface area contributed by atoms with E-state index in [0.717, 1.165) is 41.1 Å². The van der Waals surface area contributed by atoms with Crippen LogP contribution in [0.1, 0.15) is 50.3 Å². The molecule has 0 atom stereocenters. The fourth-order valence-electron chi connectivity index (χ4n) is 3.49. The van der Waals surface area contributed by atoms with E-state index >= 15 is 0 Å². The second-order valence-electron chi connectivity index (χ2n) is 7.38. The molecular weight excluding hydrogens is 364 g/mol. The maximum Gasteiger partial charge on any atom is 0.259 e. The highest BCUT2D eigenvalue weighted by molar-refractivity contribution is 7.16. The third kappa shape index (κ3) is 4.07. The Hall–Kier alpha value is -2.72. The lowest BCUT2D eigenvalue weighted by Gasteiger charge is -2.13. The standard InChI is InChI=1S/C24H24N2OS/c1-16-7-11-18(12-8-16)15-25-24-22(20-5-3-4-6-21(20)28-24)23(27)26-19-13-9-17(2)10-14-19/h7-15H,3-6H2,1-2H3,(H,26,27). The number of carbonyl (C=O) groups is 1. The molecule has 1 heterocycles. The average molecular weight is 389 g/mol. The number of thiophene rings is 1. The van der Waals surface area contributed by atoms with E-state index in [9.17, 15) is 4.79 Å². The van der Waals surface area contributed by atoms with Crippen LogP contribution in [-0.2, 0) is 12.8 Å². The van der Waals surface area contributed by atoms with E-state index in [1.54, 1.807) is 11.3 Å². The van der Waals surface area contributed by atoms with Gasteiger partial charge in [-0.1, -0.05) is 47.5 Å². The van der Waals surface area contributed by atoms with Gasteiger partial charge in [-0.3, -0.25) is 4.79 Å². The molecule has 1 N–H and O–H groups in total. The van der Waals surface area contributed by atoms with Crippen molar-refractivity contribution in [1.82, 2.24) is 0 Å². The quantitative estimate of drug-likeness (QED) is 0.528. The van der Waals surface area contributed by atoms with E-state index in [0.29, 0.717) is 0 Å². The van der Waals surface area contributed by atoms with Gasteiger partial charge in [0.05, 0.1) is 5.56 Å². The SMILES string of the molecule is Cc1ccc(C=Nc2sc3c(c2C(=O)Nc2ccc(C)cc2)CCCC3)cc1. The van der Waals surface area contributed by atoms with E-state index in [-0.39, 0.29) is 5.91 Å². The molecule has 0 saturated heterocycles. The van der Waals surface area contributed by atoms with Gasteiger partial charge in [-0.15, -0.1) is 11.3 Å². The summed E-state index contributed by atoms with van der Waals surface area (Å²) in [6.07, 6.45) is 6.19. The first-order chi connectivity index (χ1) is 13.6. The Balaban J connectivity index is 1.66. The van der Waals surface area contributed by atoms with Crippen molar-refractivity contribution in [2.24, 2.45) is 4.99 Å². The Kier molecular flexibility index (Phi) is 5.40. The first kappa shape index (κ1) is 18.6. The van der Waals surface area contributed by atoms with Gasteiger partial charge in [0.25, 0.3) is 5.91 Å². The molecular formula is C24H24N2OS. The third-order valence-corrected chi connectivity index (χ3v) is 6.30. The molecule has 28 heavy (non-hydrogen) atoms. The summed E-state index contributed by atoms with van der Waals surface area (Å²) in [5, 5.41) is 3.88. The number of nitrogens with zero attached hydrogens (tertiary/aromatic N) is 1. The molecule has 1 amide bonds. The topological polar surface area (TPSA) is 41.5 Å². The van der Waals surface area contributed by atoms with E-state index in [1.807, 2.05) is 37.4 Å². The number of carbonyl (C=O) groups excluding carboxylic acids is 1. The molecule has 0 aliphatic heterocycles. The number of hydrogen-bond acceptors (Lipinski definition) is 3. The molecule has 1 aliphatic rings. The lowest BCUT2D eigenvalue weighted by molar-refractivity contribution is 0.102. The zero-order valence-electron chi connectivity index (χ0n) is 16.3. The number of hydrogen-bond donors (Lipinski definition) is 1. The Labute approximate surface area is 170 Å². The minimum absolute atomic E-state index is 0.0562. The zero-order chi connectivity index (χ0) is 19.5. The van der Waals surface area contributed by atoms with Crippen LogP contribution in [0.15, 0.2) is 53.5 Å². The van der Waals surface area contributed by atoms with Crippen molar-refractivity contribution in [1.29, 1.82) is 0 Å². The van der Waals surface area contributed by atoms with Gasteiger partial charge in [-0.2, -0.15) is 0 Å². The Bertz CT molecular complexity index is 1010. The van der Waals surface area contributed by atoms with E-state index in [1.165, 1.54) is 28.0 Å². The number of anilines is 1. The highest BCUT2D eigenvalue weighted by Crippen LogP contribution is 2.40. The predicted octanol–water partition coefficient (Wildman–Crippen LogP) is 6.25. The summed E-state index contributed by atoms with van der Waals surface area (Å²) < 4.78 is 0. The predicted molar refractivity (Wildman–Crippen MR) is 119 cm³/mol. The van der Waals surface area contributed by atoms with Crippen LogP contribution in [-0.4, -0.2) is 12.1 Å². The monoisotopic (exact) mass is 388 g/mol. The second kappa shape index (κ2) is 8.11. The average Bonchev–Trinajstić information content (AvgIpc) is 3.08. The first-order valence-corrected chi connectivity index (χ1v) is 10.5. The van der Waals surface area contributed by atoms with Gasteiger partial charge in [0.15, 0.2) is 0 Å². The van der Waals surface area contributed by atoms with E-state index in [4.69, 9.17) is 4.99 Å². The molecule has 0 saturated carbocycles. The van der Waals surface area contributed by atoms with Gasteiger partial charge in [0.1, 0.15) is 5.00 Å². The molecule has 2 aromatic carbocycles. The molecule has 3 nitrogen and oxygen atoms in total. The van der Waals surface area contributed by atoms with Crippen molar-refractivity contribution in [2.45, 2.75) is 39.5 Å². The molecule has 4 rings (SSSR count). The van der Waals surface area contributed by atoms with Crippen LogP contribution in [0.3, 0.4) is 0 Å². The van der Waals surface area contributed by atoms with Crippen molar-refractivity contribution in [2.75, 3.05) is 5.32 Å². The molecule has 142 valence electrons. The lowest BCUT2D eigenvalue weighted by atomic mass is 9.95. The Morgan fingerprint density at radius 1 is 0.964 bits per heavy atom. The number of fused-ring (bicyclic) bond motifs is 1. The summed E-state index contributed by atoms with van der Waals surface area (Å²) in [5.74, 6) is -0.0562. The van der Waals surface area contributed by atoms with Crippen LogP contribution in [0.2, 0.25) is 0 Å². The molecule has 0 unspecified atom stereocenters. The minimum atomic E-state index is -0.0562. The largest absolute Gasteiger partial charge is 0.322 e. The molecule has 4 heteroatoms. The van der Waals surface area contributed by atoms with Crippen LogP contribution in [0.4, 0.5) is 10.7 Å². The lowest BCUT2D eigenvalue weighted by Crippen LogP contribution is -2.14. The van der Waals surface area contributed by atoms with Gasteiger partial charge >= 0.3 is 0 Å². The number of nitrogens with one attached hydrogen (secondary N) is 1. The second-order valence-corrected chi connectivity index (χ2v) is 8.46. The van der Waals surface area contributed by atoms with Crippen LogP contribution in [0, 0.1) is 13.8 Å². The van der Waals surface area contributed by atoms with Crippen LogP contribution in [0.5, 0.6) is 0 Å². The fraction of sp³-hybridized carbons (Fsp3) is 0.250. The number of benzene rings is 2. The number of rotatable bonds is 4. The third-order valence-electron chi connectivity index (χ3n) is 5.10. The summed E-state index contributed by atoms with van der Waals surface area (Å²) in [6, 6.07) is 16.2. The summed E-state index contributed by atoms with van der Waals surface area (Å²) in [4.78, 5) is 19.2. The molecule has 0 radical (unpaired) electrons. The van der Waals surface area contributed by atoms with Crippen molar-refractivity contribution in [3.8, 4) is 0 Å². The van der Waals surface area contributed by atoms with Crippen LogP contribution < -0.4 is 5.32 Å².